The highest BCUT2D eigenvalue weighted by Gasteiger charge is 2.27. The molecule has 3 N–H and O–H groups in total. The molecule has 1 fully saturated rings. The molecule has 0 unspecified atom stereocenters. The van der Waals surface area contributed by atoms with Gasteiger partial charge in [0.1, 0.15) is 0 Å². The number of rotatable bonds is 10. The molecule has 0 bridgehead atoms. The van der Waals surface area contributed by atoms with Crippen LogP contribution in [0.4, 0.5) is 16.3 Å². The number of nitrogens with one attached hydrogen (secondary N) is 3. The average molecular weight is 587 g/mol. The zero-order valence-electron chi connectivity index (χ0n) is 23.6. The van der Waals surface area contributed by atoms with Crippen molar-refractivity contribution in [3.63, 3.8) is 0 Å². The molecular formula is C28H38N6O4S2. The summed E-state index contributed by atoms with van der Waals surface area (Å²) in [6.45, 7) is 9.78. The van der Waals surface area contributed by atoms with E-state index in [0.717, 1.165) is 41.3 Å². The van der Waals surface area contributed by atoms with Crippen molar-refractivity contribution in [2.75, 3.05) is 11.9 Å². The molecule has 0 saturated heterocycles. The number of benzene rings is 1. The molecule has 2 aromatic heterocycles. The fourth-order valence-corrected chi connectivity index (χ4v) is 7.14. The van der Waals surface area contributed by atoms with Gasteiger partial charge in [-0.3, -0.25) is 0 Å². The number of alkyl carbamates (subject to hydrolysis) is 1. The largest absolute Gasteiger partial charge is 0.447 e. The number of hydrogen-bond acceptors (Lipinski definition) is 9. The number of aromatic nitrogens is 3. The number of thiazole rings is 1. The molecule has 216 valence electrons. The van der Waals surface area contributed by atoms with Crippen LogP contribution in [0, 0.1) is 0 Å². The van der Waals surface area contributed by atoms with Gasteiger partial charge in [0.25, 0.3) is 0 Å². The zero-order valence-corrected chi connectivity index (χ0v) is 25.2. The molecule has 0 radical (unpaired) electrons. The predicted molar refractivity (Wildman–Crippen MR) is 158 cm³/mol. The third-order valence-electron chi connectivity index (χ3n) is 6.68. The van der Waals surface area contributed by atoms with Crippen LogP contribution >= 0.6 is 11.3 Å². The number of anilines is 2. The molecule has 2 heterocycles. The van der Waals surface area contributed by atoms with E-state index in [2.05, 4.69) is 30.5 Å². The zero-order chi connectivity index (χ0) is 28.9. The van der Waals surface area contributed by atoms with E-state index in [4.69, 9.17) is 4.74 Å². The Morgan fingerprint density at radius 3 is 2.45 bits per heavy atom. The Labute approximate surface area is 240 Å². The summed E-state index contributed by atoms with van der Waals surface area (Å²) in [7, 11) is -3.76. The fourth-order valence-electron chi connectivity index (χ4n) is 4.66. The predicted octanol–water partition coefficient (Wildman–Crippen LogP) is 5.93. The molecule has 12 heteroatoms. The van der Waals surface area contributed by atoms with Crippen LogP contribution in [-0.2, 0) is 14.8 Å². The minimum Gasteiger partial charge on any atom is -0.447 e. The molecule has 40 heavy (non-hydrogen) atoms. The van der Waals surface area contributed by atoms with E-state index in [9.17, 15) is 13.2 Å². The van der Waals surface area contributed by atoms with Gasteiger partial charge in [-0.2, -0.15) is 5.10 Å². The van der Waals surface area contributed by atoms with Crippen molar-refractivity contribution in [3.8, 4) is 10.4 Å². The summed E-state index contributed by atoms with van der Waals surface area (Å²) in [5.74, 6) is 1.06. The van der Waals surface area contributed by atoms with Crippen LogP contribution in [0.2, 0.25) is 0 Å². The van der Waals surface area contributed by atoms with Crippen LogP contribution in [0.25, 0.3) is 10.4 Å². The van der Waals surface area contributed by atoms with E-state index >= 15 is 0 Å². The summed E-state index contributed by atoms with van der Waals surface area (Å²) in [4.78, 5) is 17.6. The Morgan fingerprint density at radius 1 is 1.07 bits per heavy atom. The average Bonchev–Trinajstić information content (AvgIpc) is 3.39. The number of nitrogens with zero attached hydrogens (tertiary/aromatic N) is 3. The molecule has 0 atom stereocenters. The van der Waals surface area contributed by atoms with Crippen molar-refractivity contribution in [1.82, 2.24) is 25.2 Å². The monoisotopic (exact) mass is 586 g/mol. The molecule has 1 saturated carbocycles. The van der Waals surface area contributed by atoms with Crippen molar-refractivity contribution in [2.24, 2.45) is 0 Å². The van der Waals surface area contributed by atoms with Gasteiger partial charge in [-0.15, -0.1) is 16.4 Å². The Kier molecular flexibility index (Phi) is 9.75. The van der Waals surface area contributed by atoms with Gasteiger partial charge in [-0.1, -0.05) is 26.8 Å². The second-order valence-electron chi connectivity index (χ2n) is 10.5. The SMILES string of the molecule is CCNS(=O)(=O)c1cc(Nc2ccc(C(C)C)nn2)ccc1-c1cnc(C2CCC(NC(=O)OC(C)C)CC2)s1. The maximum atomic E-state index is 13.2. The molecule has 4 rings (SSSR count). The van der Waals surface area contributed by atoms with Gasteiger partial charge < -0.3 is 15.4 Å². The van der Waals surface area contributed by atoms with Gasteiger partial charge in [0, 0.05) is 36.0 Å². The smallest absolute Gasteiger partial charge is 0.407 e. The fraction of sp³-hybridized carbons (Fsp3) is 0.500. The van der Waals surface area contributed by atoms with Crippen molar-refractivity contribution >= 4 is 39.0 Å². The number of amides is 1. The molecular weight excluding hydrogens is 548 g/mol. The van der Waals surface area contributed by atoms with Gasteiger partial charge >= 0.3 is 6.09 Å². The first-order chi connectivity index (χ1) is 19.1. The standard InChI is InChI=1S/C28H38N6O4S2/c1-6-30-40(36,37)25-15-21(31-26-14-13-23(17(2)3)33-34-26)11-12-22(25)24-16-29-27(39-24)19-7-9-20(10-8-19)32-28(35)38-18(4)5/h11-20,30H,6-10H2,1-5H3,(H,31,34)(H,32,35). The molecule has 1 amide bonds. The first kappa shape index (κ1) is 29.9. The lowest BCUT2D eigenvalue weighted by Gasteiger charge is -2.28. The van der Waals surface area contributed by atoms with Gasteiger partial charge in [-0.05, 0) is 69.7 Å². The topological polar surface area (TPSA) is 135 Å². The van der Waals surface area contributed by atoms with Crippen LogP contribution < -0.4 is 15.4 Å². The lowest BCUT2D eigenvalue weighted by Crippen LogP contribution is -2.38. The van der Waals surface area contributed by atoms with Gasteiger partial charge in [-0.25, -0.2) is 22.9 Å². The second-order valence-corrected chi connectivity index (χ2v) is 13.3. The third kappa shape index (κ3) is 7.55. The highest BCUT2D eigenvalue weighted by atomic mass is 32.2. The minimum absolute atomic E-state index is 0.0881. The molecule has 1 aliphatic rings. The lowest BCUT2D eigenvalue weighted by atomic mass is 9.86. The maximum absolute atomic E-state index is 13.2. The molecule has 3 aromatic rings. The Morgan fingerprint density at radius 2 is 1.82 bits per heavy atom. The van der Waals surface area contributed by atoms with Gasteiger partial charge in [0.15, 0.2) is 5.82 Å². The summed E-state index contributed by atoms with van der Waals surface area (Å²) in [5.41, 5.74) is 2.08. The molecule has 1 aliphatic carbocycles. The maximum Gasteiger partial charge on any atom is 0.407 e. The van der Waals surface area contributed by atoms with Crippen molar-refractivity contribution in [1.29, 1.82) is 0 Å². The summed E-state index contributed by atoms with van der Waals surface area (Å²) >= 11 is 1.52. The molecule has 1 aromatic carbocycles. The normalized spacial score (nSPS) is 17.7. The van der Waals surface area contributed by atoms with E-state index < -0.39 is 10.0 Å². The highest BCUT2D eigenvalue weighted by molar-refractivity contribution is 7.89. The van der Waals surface area contributed by atoms with E-state index in [-0.39, 0.29) is 41.5 Å². The van der Waals surface area contributed by atoms with Crippen LogP contribution in [0.5, 0.6) is 0 Å². The summed E-state index contributed by atoms with van der Waals surface area (Å²) < 4.78 is 34.3. The summed E-state index contributed by atoms with van der Waals surface area (Å²) in [6, 6.07) is 9.10. The number of carbonyl (C=O) groups is 1. The van der Waals surface area contributed by atoms with Crippen LogP contribution in [0.15, 0.2) is 41.4 Å². The van der Waals surface area contributed by atoms with Crippen LogP contribution in [0.1, 0.15) is 82.8 Å². The number of hydrogen-bond donors (Lipinski definition) is 3. The van der Waals surface area contributed by atoms with Crippen LogP contribution in [-0.4, -0.2) is 48.4 Å². The van der Waals surface area contributed by atoms with Crippen LogP contribution in [0.3, 0.4) is 0 Å². The van der Waals surface area contributed by atoms with Gasteiger partial charge in [0.2, 0.25) is 10.0 Å². The van der Waals surface area contributed by atoms with E-state index in [0.29, 0.717) is 17.1 Å². The molecule has 0 spiro atoms. The first-order valence-corrected chi connectivity index (χ1v) is 16.0. The minimum atomic E-state index is -3.76. The molecule has 10 nitrogen and oxygen atoms in total. The van der Waals surface area contributed by atoms with E-state index in [1.54, 1.807) is 25.3 Å². The summed E-state index contributed by atoms with van der Waals surface area (Å²) in [5, 5.41) is 15.6. The van der Waals surface area contributed by atoms with Gasteiger partial charge in [0.05, 0.1) is 26.6 Å². The highest BCUT2D eigenvalue weighted by Crippen LogP contribution is 2.40. The van der Waals surface area contributed by atoms with Crippen molar-refractivity contribution < 1.29 is 17.9 Å². The number of sulfonamides is 1. The number of carbonyl (C=O) groups excluding carboxylic acids is 1. The Hall–Kier alpha value is -3.09. The lowest BCUT2D eigenvalue weighted by molar-refractivity contribution is 0.109. The second kappa shape index (κ2) is 13.0. The quantitative estimate of drug-likeness (QED) is 0.266. The number of ether oxygens (including phenoxy) is 1. The summed E-state index contributed by atoms with van der Waals surface area (Å²) in [6.07, 6.45) is 4.70. The Bertz CT molecular complexity index is 1400. The Balaban J connectivity index is 1.52. The molecule has 0 aliphatic heterocycles. The van der Waals surface area contributed by atoms with Crippen molar-refractivity contribution in [3.05, 3.63) is 47.2 Å². The first-order valence-electron chi connectivity index (χ1n) is 13.7. The van der Waals surface area contributed by atoms with E-state index in [1.165, 1.54) is 11.3 Å². The van der Waals surface area contributed by atoms with E-state index in [1.807, 2.05) is 45.9 Å². The van der Waals surface area contributed by atoms with Crippen molar-refractivity contribution in [2.45, 2.75) is 89.2 Å². The third-order valence-corrected chi connectivity index (χ3v) is 9.46.